The van der Waals surface area contributed by atoms with E-state index in [2.05, 4.69) is 89.3 Å². The van der Waals surface area contributed by atoms with E-state index < -0.39 is 0 Å². The normalized spacial score (nSPS) is 11.4. The molecule has 0 spiro atoms. The van der Waals surface area contributed by atoms with Crippen molar-refractivity contribution in [2.75, 3.05) is 0 Å². The number of hydrogen-bond donors (Lipinski definition) is 0. The van der Waals surface area contributed by atoms with Crippen molar-refractivity contribution in [1.82, 2.24) is 0 Å². The van der Waals surface area contributed by atoms with Gasteiger partial charge in [0, 0.05) is 3.57 Å². The zero-order valence-corrected chi connectivity index (χ0v) is 12.4. The molecule has 4 aromatic carbocycles. The minimum absolute atomic E-state index is 1.31. The van der Waals surface area contributed by atoms with E-state index in [0.29, 0.717) is 0 Å². The maximum absolute atomic E-state index is 2.41. The van der Waals surface area contributed by atoms with Gasteiger partial charge in [-0.3, -0.25) is 0 Å². The van der Waals surface area contributed by atoms with Gasteiger partial charge in [-0.2, -0.15) is 0 Å². The Labute approximate surface area is 125 Å². The average Bonchev–Trinajstić information content (AvgIpc) is 2.44. The van der Waals surface area contributed by atoms with Gasteiger partial charge in [0.1, 0.15) is 0 Å². The molecule has 0 saturated heterocycles. The molecule has 0 N–H and O–H groups in total. The molecule has 0 aliphatic rings. The van der Waals surface area contributed by atoms with Crippen LogP contribution in [0.2, 0.25) is 0 Å². The van der Waals surface area contributed by atoms with Crippen LogP contribution in [0.3, 0.4) is 0 Å². The zero-order chi connectivity index (χ0) is 12.8. The van der Waals surface area contributed by atoms with Gasteiger partial charge in [0.15, 0.2) is 0 Å². The SMILES string of the molecule is Ic1cccc2cc3cc4ccccc4cc3cc12. The van der Waals surface area contributed by atoms with E-state index in [1.807, 2.05) is 0 Å². The Morgan fingerprint density at radius 3 is 1.84 bits per heavy atom. The molecule has 19 heavy (non-hydrogen) atoms. The zero-order valence-electron chi connectivity index (χ0n) is 10.2. The second-order valence-electron chi connectivity index (χ2n) is 4.86. The highest BCUT2D eigenvalue weighted by atomic mass is 127. The number of benzene rings is 4. The van der Waals surface area contributed by atoms with Crippen LogP contribution in [-0.4, -0.2) is 0 Å². The Morgan fingerprint density at radius 2 is 1.11 bits per heavy atom. The van der Waals surface area contributed by atoms with Crippen molar-refractivity contribution in [3.05, 3.63) is 70.3 Å². The highest BCUT2D eigenvalue weighted by Gasteiger charge is 2.02. The highest BCUT2D eigenvalue weighted by Crippen LogP contribution is 2.29. The van der Waals surface area contributed by atoms with Gasteiger partial charge >= 0.3 is 0 Å². The summed E-state index contributed by atoms with van der Waals surface area (Å²) in [5.41, 5.74) is 0. The van der Waals surface area contributed by atoms with E-state index in [1.165, 1.54) is 35.9 Å². The minimum Gasteiger partial charge on any atom is -0.0616 e. The van der Waals surface area contributed by atoms with E-state index >= 15 is 0 Å². The van der Waals surface area contributed by atoms with Crippen molar-refractivity contribution < 1.29 is 0 Å². The maximum Gasteiger partial charge on any atom is 0.0209 e. The predicted molar refractivity (Wildman–Crippen MR) is 91.7 cm³/mol. The van der Waals surface area contributed by atoms with Crippen molar-refractivity contribution in [3.63, 3.8) is 0 Å². The Bertz CT molecular complexity index is 922. The van der Waals surface area contributed by atoms with Gasteiger partial charge in [0.2, 0.25) is 0 Å². The average molecular weight is 354 g/mol. The van der Waals surface area contributed by atoms with Crippen LogP contribution in [-0.2, 0) is 0 Å². The molecule has 1 heteroatoms. The molecule has 90 valence electrons. The third-order valence-electron chi connectivity index (χ3n) is 3.65. The third kappa shape index (κ3) is 1.80. The largest absolute Gasteiger partial charge is 0.0616 e. The van der Waals surface area contributed by atoms with Crippen LogP contribution < -0.4 is 0 Å². The summed E-state index contributed by atoms with van der Waals surface area (Å²) in [6.45, 7) is 0. The monoisotopic (exact) mass is 354 g/mol. The first-order valence-electron chi connectivity index (χ1n) is 6.32. The number of rotatable bonds is 0. The molecule has 0 aliphatic heterocycles. The summed E-state index contributed by atoms with van der Waals surface area (Å²) in [5.74, 6) is 0. The molecule has 0 aromatic heterocycles. The van der Waals surface area contributed by atoms with Gasteiger partial charge < -0.3 is 0 Å². The fraction of sp³-hybridized carbons (Fsp3) is 0. The first-order chi connectivity index (χ1) is 9.31. The summed E-state index contributed by atoms with van der Waals surface area (Å²) in [7, 11) is 0. The maximum atomic E-state index is 2.41. The topological polar surface area (TPSA) is 0 Å². The number of halogens is 1. The fourth-order valence-electron chi connectivity index (χ4n) is 2.68. The Balaban J connectivity index is 2.20. The summed E-state index contributed by atoms with van der Waals surface area (Å²) in [6.07, 6.45) is 0. The number of hydrogen-bond acceptors (Lipinski definition) is 0. The Kier molecular flexibility index (Phi) is 2.49. The summed E-state index contributed by atoms with van der Waals surface area (Å²) in [5, 5.41) is 7.89. The van der Waals surface area contributed by atoms with E-state index in [1.54, 1.807) is 0 Å². The quantitative estimate of drug-likeness (QED) is 0.279. The second-order valence-corrected chi connectivity index (χ2v) is 6.02. The molecular formula is C18H11I. The van der Waals surface area contributed by atoms with E-state index in [-0.39, 0.29) is 0 Å². The van der Waals surface area contributed by atoms with Crippen LogP contribution in [0.25, 0.3) is 32.3 Å². The van der Waals surface area contributed by atoms with Crippen LogP contribution in [0, 0.1) is 3.57 Å². The molecule has 0 unspecified atom stereocenters. The Hall–Kier alpha value is -1.61. The standard InChI is InChI=1S/C18H11I/c19-18-7-3-6-14-10-15-8-12-4-1-2-5-13(12)9-16(15)11-17(14)18/h1-11H. The number of fused-ring (bicyclic) bond motifs is 3. The lowest BCUT2D eigenvalue weighted by Gasteiger charge is -2.06. The first-order valence-corrected chi connectivity index (χ1v) is 7.40. The molecule has 0 fully saturated rings. The Morgan fingerprint density at radius 1 is 0.526 bits per heavy atom. The summed E-state index contributed by atoms with van der Waals surface area (Å²) >= 11 is 2.41. The molecule has 0 bridgehead atoms. The van der Waals surface area contributed by atoms with Gasteiger partial charge in [0.05, 0.1) is 0 Å². The molecule has 0 saturated carbocycles. The second kappa shape index (κ2) is 4.20. The molecule has 0 nitrogen and oxygen atoms in total. The lowest BCUT2D eigenvalue weighted by Crippen LogP contribution is -1.81. The molecule has 0 aliphatic carbocycles. The lowest BCUT2D eigenvalue weighted by molar-refractivity contribution is 1.73. The molecule has 0 atom stereocenters. The van der Waals surface area contributed by atoms with Crippen molar-refractivity contribution in [2.45, 2.75) is 0 Å². The lowest BCUT2D eigenvalue weighted by atomic mass is 10.00. The summed E-state index contributed by atoms with van der Waals surface area (Å²) in [6, 6.07) is 24.2. The van der Waals surface area contributed by atoms with Crippen molar-refractivity contribution in [1.29, 1.82) is 0 Å². The van der Waals surface area contributed by atoms with Crippen molar-refractivity contribution >= 4 is 54.9 Å². The molecule has 4 aromatic rings. The first kappa shape index (κ1) is 11.2. The van der Waals surface area contributed by atoms with Gasteiger partial charge in [-0.05, 0) is 85.2 Å². The predicted octanol–water partition coefficient (Wildman–Crippen LogP) is 5.75. The van der Waals surface area contributed by atoms with E-state index in [9.17, 15) is 0 Å². The van der Waals surface area contributed by atoms with Crippen LogP contribution >= 0.6 is 22.6 Å². The van der Waals surface area contributed by atoms with Gasteiger partial charge in [0.25, 0.3) is 0 Å². The van der Waals surface area contributed by atoms with E-state index in [4.69, 9.17) is 0 Å². The van der Waals surface area contributed by atoms with Crippen molar-refractivity contribution in [2.24, 2.45) is 0 Å². The van der Waals surface area contributed by atoms with Crippen molar-refractivity contribution in [3.8, 4) is 0 Å². The molecule has 0 radical (unpaired) electrons. The molecular weight excluding hydrogens is 343 g/mol. The molecule has 0 heterocycles. The van der Waals surface area contributed by atoms with Crippen LogP contribution in [0.4, 0.5) is 0 Å². The minimum atomic E-state index is 1.31. The smallest absolute Gasteiger partial charge is 0.0209 e. The van der Waals surface area contributed by atoms with Crippen LogP contribution in [0.1, 0.15) is 0 Å². The summed E-state index contributed by atoms with van der Waals surface area (Å²) in [4.78, 5) is 0. The van der Waals surface area contributed by atoms with Gasteiger partial charge in [-0.15, -0.1) is 0 Å². The molecule has 4 rings (SSSR count). The van der Waals surface area contributed by atoms with Crippen LogP contribution in [0.15, 0.2) is 66.7 Å². The van der Waals surface area contributed by atoms with Gasteiger partial charge in [-0.25, -0.2) is 0 Å². The summed E-state index contributed by atoms with van der Waals surface area (Å²) < 4.78 is 1.31. The third-order valence-corrected chi connectivity index (χ3v) is 4.59. The fourth-order valence-corrected chi connectivity index (χ4v) is 3.36. The van der Waals surface area contributed by atoms with Gasteiger partial charge in [-0.1, -0.05) is 36.4 Å². The highest BCUT2D eigenvalue weighted by molar-refractivity contribution is 14.1. The molecule has 0 amide bonds. The van der Waals surface area contributed by atoms with Crippen LogP contribution in [0.5, 0.6) is 0 Å². The van der Waals surface area contributed by atoms with E-state index in [0.717, 1.165) is 0 Å².